The van der Waals surface area contributed by atoms with Gasteiger partial charge in [-0.15, -0.1) is 0 Å². The molecule has 7 heteroatoms. The fourth-order valence-corrected chi connectivity index (χ4v) is 4.20. The van der Waals surface area contributed by atoms with E-state index in [2.05, 4.69) is 10.6 Å². The van der Waals surface area contributed by atoms with E-state index in [1.165, 1.54) is 0 Å². The van der Waals surface area contributed by atoms with Gasteiger partial charge in [-0.1, -0.05) is 11.6 Å². The molecule has 1 atom stereocenters. The Morgan fingerprint density at radius 1 is 1.12 bits per heavy atom. The van der Waals surface area contributed by atoms with Crippen molar-refractivity contribution in [2.45, 2.75) is 19.5 Å². The van der Waals surface area contributed by atoms with Crippen molar-refractivity contribution >= 4 is 34.9 Å². The van der Waals surface area contributed by atoms with E-state index in [4.69, 9.17) is 16.0 Å². The molecule has 1 unspecified atom stereocenters. The van der Waals surface area contributed by atoms with Gasteiger partial charge in [0.2, 0.25) is 0 Å². The second kappa shape index (κ2) is 8.05. The highest BCUT2D eigenvalue weighted by Gasteiger charge is 2.29. The molecule has 1 aliphatic rings. The molecular formula is C25H20ClN3O3. The number of halogens is 1. The maximum absolute atomic E-state index is 13.4. The number of hydrogen-bond acceptors (Lipinski definition) is 4. The van der Waals surface area contributed by atoms with Gasteiger partial charge in [-0.05, 0) is 73.2 Å². The van der Waals surface area contributed by atoms with Crippen LogP contribution in [0.2, 0.25) is 5.02 Å². The Labute approximate surface area is 189 Å². The zero-order valence-electron chi connectivity index (χ0n) is 17.3. The Balaban J connectivity index is 1.36. The van der Waals surface area contributed by atoms with Gasteiger partial charge >= 0.3 is 0 Å². The summed E-state index contributed by atoms with van der Waals surface area (Å²) < 4.78 is 7.58. The maximum atomic E-state index is 13.4. The molecule has 32 heavy (non-hydrogen) atoms. The molecule has 1 amide bonds. The number of Topliss-reactive ketones (excluding diaryl/α,β-unsaturated/α-hetero) is 1. The minimum atomic E-state index is -0.574. The van der Waals surface area contributed by atoms with Crippen LogP contribution < -0.4 is 10.6 Å². The summed E-state index contributed by atoms with van der Waals surface area (Å²) in [6.07, 6.45) is 3.57. The molecule has 0 aliphatic carbocycles. The fourth-order valence-electron chi connectivity index (χ4n) is 3.97. The van der Waals surface area contributed by atoms with E-state index >= 15 is 0 Å². The third kappa shape index (κ3) is 3.69. The van der Waals surface area contributed by atoms with E-state index in [1.807, 2.05) is 35.9 Å². The zero-order valence-corrected chi connectivity index (χ0v) is 18.0. The minimum absolute atomic E-state index is 0.0828. The zero-order chi connectivity index (χ0) is 22.2. The van der Waals surface area contributed by atoms with Crippen LogP contribution in [-0.4, -0.2) is 16.3 Å². The van der Waals surface area contributed by atoms with Crippen molar-refractivity contribution in [1.82, 2.24) is 4.57 Å². The lowest BCUT2D eigenvalue weighted by Gasteiger charge is -2.17. The monoisotopic (exact) mass is 445 g/mol. The van der Waals surface area contributed by atoms with E-state index in [9.17, 15) is 9.59 Å². The summed E-state index contributed by atoms with van der Waals surface area (Å²) in [6.45, 7) is 2.47. The number of aryl methyl sites for hydroxylation is 1. The Hall–Kier alpha value is -3.77. The lowest BCUT2D eigenvalue weighted by Crippen LogP contribution is -2.22. The van der Waals surface area contributed by atoms with Crippen LogP contribution in [0.25, 0.3) is 0 Å². The molecule has 0 saturated carbocycles. The molecule has 0 fully saturated rings. The molecular weight excluding hydrogens is 426 g/mol. The van der Waals surface area contributed by atoms with Gasteiger partial charge in [0.25, 0.3) is 5.91 Å². The summed E-state index contributed by atoms with van der Waals surface area (Å²) in [5.74, 6) is 0.293. The summed E-state index contributed by atoms with van der Waals surface area (Å²) in [5.41, 5.74) is 4.34. The highest BCUT2D eigenvalue weighted by molar-refractivity contribution is 6.30. The van der Waals surface area contributed by atoms with Crippen LogP contribution in [0.1, 0.15) is 43.6 Å². The molecule has 4 aromatic rings. The summed E-state index contributed by atoms with van der Waals surface area (Å²) in [7, 11) is 0. The van der Waals surface area contributed by atoms with Gasteiger partial charge in [0.05, 0.1) is 12.8 Å². The predicted molar refractivity (Wildman–Crippen MR) is 124 cm³/mol. The van der Waals surface area contributed by atoms with Crippen molar-refractivity contribution in [2.75, 3.05) is 10.6 Å². The Morgan fingerprint density at radius 3 is 2.72 bits per heavy atom. The van der Waals surface area contributed by atoms with Gasteiger partial charge in [-0.3, -0.25) is 9.59 Å². The first kappa shape index (κ1) is 20.2. The number of furan rings is 1. The highest BCUT2D eigenvalue weighted by Crippen LogP contribution is 2.32. The number of anilines is 2. The normalized spacial score (nSPS) is 14.6. The van der Waals surface area contributed by atoms with Crippen molar-refractivity contribution in [1.29, 1.82) is 0 Å². The Bertz CT molecular complexity index is 1320. The number of amides is 1. The molecule has 0 spiro atoms. The molecule has 0 bridgehead atoms. The number of ketones is 1. The van der Waals surface area contributed by atoms with Crippen LogP contribution in [0.5, 0.6) is 0 Å². The second-order valence-corrected chi connectivity index (χ2v) is 8.20. The number of fused-ring (bicyclic) bond motifs is 2. The van der Waals surface area contributed by atoms with Crippen molar-refractivity contribution in [2.24, 2.45) is 0 Å². The van der Waals surface area contributed by atoms with Crippen molar-refractivity contribution in [3.8, 4) is 0 Å². The number of nitrogens with zero attached hydrogens (tertiary/aromatic N) is 1. The summed E-state index contributed by atoms with van der Waals surface area (Å²) in [6, 6.07) is 17.2. The minimum Gasteiger partial charge on any atom is -0.449 e. The SMILES string of the molecule is Cc1cc(Cl)ccc1C(=O)Nc1ccc(C(=O)C2Nc3occc3Cn3cccc32)cc1. The van der Waals surface area contributed by atoms with Crippen molar-refractivity contribution < 1.29 is 14.0 Å². The van der Waals surface area contributed by atoms with Crippen LogP contribution in [0.15, 0.2) is 77.5 Å². The Kier molecular flexibility index (Phi) is 5.07. The van der Waals surface area contributed by atoms with E-state index in [0.717, 1.165) is 16.8 Å². The molecule has 2 aromatic heterocycles. The molecule has 2 N–H and O–H groups in total. The number of hydrogen-bond donors (Lipinski definition) is 2. The molecule has 2 aromatic carbocycles. The number of carbonyl (C=O) groups excluding carboxylic acids is 2. The summed E-state index contributed by atoms with van der Waals surface area (Å²) >= 11 is 5.97. The van der Waals surface area contributed by atoms with E-state index in [0.29, 0.717) is 34.3 Å². The average Bonchev–Trinajstić information content (AvgIpc) is 3.39. The van der Waals surface area contributed by atoms with Gasteiger partial charge in [-0.2, -0.15) is 0 Å². The number of nitrogens with one attached hydrogen (secondary N) is 2. The number of rotatable bonds is 4. The van der Waals surface area contributed by atoms with Gasteiger partial charge in [-0.25, -0.2) is 0 Å². The summed E-state index contributed by atoms with van der Waals surface area (Å²) in [5, 5.41) is 6.69. The van der Waals surface area contributed by atoms with Crippen LogP contribution in [0.3, 0.4) is 0 Å². The molecule has 3 heterocycles. The Morgan fingerprint density at radius 2 is 1.94 bits per heavy atom. The topological polar surface area (TPSA) is 76.3 Å². The molecule has 0 radical (unpaired) electrons. The first-order valence-electron chi connectivity index (χ1n) is 10.2. The van der Waals surface area contributed by atoms with Gasteiger partial charge in [0.15, 0.2) is 11.7 Å². The lowest BCUT2D eigenvalue weighted by atomic mass is 10.0. The third-order valence-corrected chi connectivity index (χ3v) is 5.88. The smallest absolute Gasteiger partial charge is 0.255 e. The van der Waals surface area contributed by atoms with E-state index < -0.39 is 6.04 Å². The fraction of sp³-hybridized carbons (Fsp3) is 0.120. The largest absolute Gasteiger partial charge is 0.449 e. The standard InChI is InChI=1S/C25H20ClN3O3/c1-15-13-18(26)6-9-20(15)24(31)27-19-7-4-16(5-8-19)23(30)22-21-3-2-11-29(21)14-17-10-12-32-25(17)28-22/h2-13,22,28H,14H2,1H3,(H,27,31). The quantitative estimate of drug-likeness (QED) is 0.395. The molecule has 160 valence electrons. The predicted octanol–water partition coefficient (Wildman–Crippen LogP) is 5.69. The van der Waals surface area contributed by atoms with Gasteiger partial charge in [0.1, 0.15) is 6.04 Å². The molecule has 5 rings (SSSR count). The number of aromatic nitrogens is 1. The summed E-state index contributed by atoms with van der Waals surface area (Å²) in [4.78, 5) is 26.0. The van der Waals surface area contributed by atoms with Crippen LogP contribution in [-0.2, 0) is 6.54 Å². The third-order valence-electron chi connectivity index (χ3n) is 5.65. The van der Waals surface area contributed by atoms with Crippen molar-refractivity contribution in [3.05, 3.63) is 106 Å². The molecule has 1 aliphatic heterocycles. The first-order chi connectivity index (χ1) is 15.5. The lowest BCUT2D eigenvalue weighted by molar-refractivity contribution is 0.0965. The second-order valence-electron chi connectivity index (χ2n) is 7.77. The van der Waals surface area contributed by atoms with Crippen LogP contribution in [0, 0.1) is 6.92 Å². The van der Waals surface area contributed by atoms with Gasteiger partial charge < -0.3 is 19.6 Å². The first-order valence-corrected chi connectivity index (χ1v) is 10.6. The maximum Gasteiger partial charge on any atom is 0.255 e. The average molecular weight is 446 g/mol. The van der Waals surface area contributed by atoms with Crippen LogP contribution in [0.4, 0.5) is 11.6 Å². The van der Waals surface area contributed by atoms with E-state index in [-0.39, 0.29) is 11.7 Å². The van der Waals surface area contributed by atoms with Crippen LogP contribution >= 0.6 is 11.6 Å². The number of carbonyl (C=O) groups is 2. The van der Waals surface area contributed by atoms with Crippen molar-refractivity contribution in [3.63, 3.8) is 0 Å². The molecule has 6 nitrogen and oxygen atoms in total. The highest BCUT2D eigenvalue weighted by atomic mass is 35.5. The van der Waals surface area contributed by atoms with E-state index in [1.54, 1.807) is 48.7 Å². The number of benzene rings is 2. The molecule has 0 saturated heterocycles. The van der Waals surface area contributed by atoms with Gasteiger partial charge in [0, 0.05) is 39.3 Å².